The van der Waals surface area contributed by atoms with Crippen LogP contribution in [0.25, 0.3) is 11.1 Å². The van der Waals surface area contributed by atoms with Crippen LogP contribution >= 0.6 is 0 Å². The molecular formula is C22H18F3N5O. The van der Waals surface area contributed by atoms with Gasteiger partial charge in [-0.3, -0.25) is 9.78 Å². The van der Waals surface area contributed by atoms with Crippen molar-refractivity contribution in [2.45, 2.75) is 13.1 Å². The molecule has 9 heteroatoms. The molecule has 0 spiro atoms. The lowest BCUT2D eigenvalue weighted by Gasteiger charge is -2.15. The van der Waals surface area contributed by atoms with Gasteiger partial charge in [-0.2, -0.15) is 18.4 Å². The smallest absolute Gasteiger partial charge is 0.362 e. The average molecular weight is 425 g/mol. The topological polar surface area (TPSA) is 81.9 Å². The molecule has 0 unspecified atom stereocenters. The third-order valence-corrected chi connectivity index (χ3v) is 4.53. The molecule has 0 atom stereocenters. The Morgan fingerprint density at radius 2 is 1.87 bits per heavy atom. The van der Waals surface area contributed by atoms with Gasteiger partial charge in [-0.25, -0.2) is 4.98 Å². The average Bonchev–Trinajstić information content (AvgIpc) is 2.74. The van der Waals surface area contributed by atoms with Gasteiger partial charge in [0.15, 0.2) is 0 Å². The van der Waals surface area contributed by atoms with Gasteiger partial charge in [0.2, 0.25) is 0 Å². The van der Waals surface area contributed by atoms with Crippen LogP contribution in [0, 0.1) is 18.3 Å². The van der Waals surface area contributed by atoms with Crippen molar-refractivity contribution < 1.29 is 18.0 Å². The molecule has 0 fully saturated rings. The minimum absolute atomic E-state index is 0.159. The SMILES string of the molecule is Cc1ccc(NC(=O)c2ccnc(C(F)(F)F)c2)cc1-c1cnc(N(C)C)c(C#N)c1. The molecule has 3 rings (SSSR count). The first kappa shape index (κ1) is 21.8. The summed E-state index contributed by atoms with van der Waals surface area (Å²) in [6, 6.07) is 10.8. The molecule has 1 N–H and O–H groups in total. The molecule has 0 saturated heterocycles. The van der Waals surface area contributed by atoms with Gasteiger partial charge in [0.1, 0.15) is 17.6 Å². The maximum atomic E-state index is 12.9. The van der Waals surface area contributed by atoms with Gasteiger partial charge < -0.3 is 10.2 Å². The lowest BCUT2D eigenvalue weighted by atomic mass is 10.00. The standard InChI is InChI=1S/C22H18F3N5O/c1-13-4-5-17(29-21(31)14-6-7-27-19(9-14)22(23,24)25)10-18(13)16-8-15(11-26)20(28-12-16)30(2)3/h4-10,12H,1-3H3,(H,29,31). The maximum absolute atomic E-state index is 12.9. The second-order valence-corrected chi connectivity index (χ2v) is 7.01. The Bertz CT molecular complexity index is 1180. The zero-order valence-electron chi connectivity index (χ0n) is 16.9. The molecule has 1 amide bonds. The maximum Gasteiger partial charge on any atom is 0.433 e. The Hall–Kier alpha value is -3.93. The molecule has 0 saturated carbocycles. The number of nitriles is 1. The highest BCUT2D eigenvalue weighted by molar-refractivity contribution is 6.04. The van der Waals surface area contributed by atoms with Crippen LogP contribution in [0.5, 0.6) is 0 Å². The summed E-state index contributed by atoms with van der Waals surface area (Å²) in [5.74, 6) is -0.159. The highest BCUT2D eigenvalue weighted by Gasteiger charge is 2.33. The van der Waals surface area contributed by atoms with Crippen LogP contribution < -0.4 is 10.2 Å². The first-order chi connectivity index (χ1) is 14.6. The molecule has 0 radical (unpaired) electrons. The van der Waals surface area contributed by atoms with Crippen molar-refractivity contribution in [3.05, 3.63) is 71.2 Å². The molecule has 0 aliphatic heterocycles. The second kappa shape index (κ2) is 8.44. The minimum Gasteiger partial charge on any atom is -0.362 e. The van der Waals surface area contributed by atoms with Gasteiger partial charge in [-0.1, -0.05) is 6.07 Å². The van der Waals surface area contributed by atoms with E-state index in [1.54, 1.807) is 49.5 Å². The first-order valence-corrected chi connectivity index (χ1v) is 9.13. The van der Waals surface area contributed by atoms with E-state index < -0.39 is 17.8 Å². The number of aryl methyl sites for hydroxylation is 1. The fourth-order valence-electron chi connectivity index (χ4n) is 2.98. The van der Waals surface area contributed by atoms with E-state index in [9.17, 15) is 23.2 Å². The predicted molar refractivity (Wildman–Crippen MR) is 111 cm³/mol. The van der Waals surface area contributed by atoms with Crippen LogP contribution in [0.4, 0.5) is 24.7 Å². The molecule has 2 heterocycles. The fraction of sp³-hybridized carbons (Fsp3) is 0.182. The van der Waals surface area contributed by atoms with E-state index in [0.717, 1.165) is 17.3 Å². The molecule has 0 aliphatic rings. The molecule has 2 aromatic heterocycles. The molecule has 158 valence electrons. The number of carbonyl (C=O) groups is 1. The van der Waals surface area contributed by atoms with E-state index in [-0.39, 0.29) is 5.56 Å². The van der Waals surface area contributed by atoms with Crippen LogP contribution in [0.15, 0.2) is 48.8 Å². The summed E-state index contributed by atoms with van der Waals surface area (Å²) in [7, 11) is 3.57. The summed E-state index contributed by atoms with van der Waals surface area (Å²) in [6.07, 6.45) is -2.07. The van der Waals surface area contributed by atoms with Gasteiger partial charge in [-0.15, -0.1) is 0 Å². The molecule has 6 nitrogen and oxygen atoms in total. The monoisotopic (exact) mass is 425 g/mol. The van der Waals surface area contributed by atoms with Gasteiger partial charge >= 0.3 is 6.18 Å². The van der Waals surface area contributed by atoms with E-state index >= 15 is 0 Å². The number of aromatic nitrogens is 2. The van der Waals surface area contributed by atoms with E-state index in [4.69, 9.17) is 0 Å². The Morgan fingerprint density at radius 1 is 1.13 bits per heavy atom. The highest BCUT2D eigenvalue weighted by atomic mass is 19.4. The van der Waals surface area contributed by atoms with Crippen LogP contribution in [0.3, 0.4) is 0 Å². The van der Waals surface area contributed by atoms with Crippen molar-refractivity contribution in [2.24, 2.45) is 0 Å². The van der Waals surface area contributed by atoms with Crippen molar-refractivity contribution in [1.82, 2.24) is 9.97 Å². The Kier molecular flexibility index (Phi) is 5.92. The zero-order valence-corrected chi connectivity index (χ0v) is 16.9. The number of pyridine rings is 2. The van der Waals surface area contributed by atoms with E-state index in [2.05, 4.69) is 21.4 Å². The number of nitrogens with zero attached hydrogens (tertiary/aromatic N) is 4. The van der Waals surface area contributed by atoms with Crippen molar-refractivity contribution in [1.29, 1.82) is 5.26 Å². The van der Waals surface area contributed by atoms with Crippen LogP contribution in [-0.2, 0) is 6.18 Å². The third-order valence-electron chi connectivity index (χ3n) is 4.53. The highest BCUT2D eigenvalue weighted by Crippen LogP contribution is 2.30. The summed E-state index contributed by atoms with van der Waals surface area (Å²) in [4.78, 5) is 21.8. The number of rotatable bonds is 4. The number of carbonyl (C=O) groups excluding carboxylic acids is 1. The summed E-state index contributed by atoms with van der Waals surface area (Å²) >= 11 is 0. The largest absolute Gasteiger partial charge is 0.433 e. The van der Waals surface area contributed by atoms with Crippen molar-refractivity contribution in [3.8, 4) is 17.2 Å². The number of alkyl halides is 3. The normalized spacial score (nSPS) is 11.0. The van der Waals surface area contributed by atoms with Crippen LogP contribution in [0.1, 0.15) is 27.2 Å². The summed E-state index contributed by atoms with van der Waals surface area (Å²) in [5.41, 5.74) is 1.79. The lowest BCUT2D eigenvalue weighted by Crippen LogP contribution is -2.15. The number of amides is 1. The van der Waals surface area contributed by atoms with Gasteiger partial charge in [0.25, 0.3) is 5.91 Å². The number of nitrogens with one attached hydrogen (secondary N) is 1. The Balaban J connectivity index is 1.92. The summed E-state index contributed by atoms with van der Waals surface area (Å²) < 4.78 is 38.6. The number of hydrogen-bond acceptors (Lipinski definition) is 5. The third kappa shape index (κ3) is 4.80. The van der Waals surface area contributed by atoms with Gasteiger partial charge in [0.05, 0.1) is 5.56 Å². The number of halogens is 3. The van der Waals surface area contributed by atoms with E-state index in [0.29, 0.717) is 28.7 Å². The van der Waals surface area contributed by atoms with Gasteiger partial charge in [0, 0.05) is 43.3 Å². The van der Waals surface area contributed by atoms with E-state index in [1.165, 1.54) is 6.07 Å². The van der Waals surface area contributed by atoms with E-state index in [1.807, 2.05) is 6.92 Å². The lowest BCUT2D eigenvalue weighted by molar-refractivity contribution is -0.141. The molecular weight excluding hydrogens is 407 g/mol. The molecule has 0 bridgehead atoms. The first-order valence-electron chi connectivity index (χ1n) is 9.13. The molecule has 1 aromatic carbocycles. The quantitative estimate of drug-likeness (QED) is 0.658. The van der Waals surface area contributed by atoms with Crippen LogP contribution in [-0.4, -0.2) is 30.0 Å². The number of hydrogen-bond donors (Lipinski definition) is 1. The van der Waals surface area contributed by atoms with Crippen molar-refractivity contribution in [3.63, 3.8) is 0 Å². The molecule has 3 aromatic rings. The second-order valence-electron chi connectivity index (χ2n) is 7.01. The number of benzene rings is 1. The molecule has 31 heavy (non-hydrogen) atoms. The van der Waals surface area contributed by atoms with Crippen LogP contribution in [0.2, 0.25) is 0 Å². The Labute approximate surface area is 177 Å². The molecule has 0 aliphatic carbocycles. The minimum atomic E-state index is -4.64. The van der Waals surface area contributed by atoms with Crippen molar-refractivity contribution >= 4 is 17.4 Å². The summed E-state index contributed by atoms with van der Waals surface area (Å²) in [6.45, 7) is 1.87. The number of anilines is 2. The fourth-order valence-corrected chi connectivity index (χ4v) is 2.98. The predicted octanol–water partition coefficient (Wildman–Crippen LogP) is 4.66. The Morgan fingerprint density at radius 3 is 2.52 bits per heavy atom. The summed E-state index contributed by atoms with van der Waals surface area (Å²) in [5, 5.41) is 12.0. The van der Waals surface area contributed by atoms with Crippen molar-refractivity contribution in [2.75, 3.05) is 24.3 Å². The zero-order chi connectivity index (χ0) is 22.8. The van der Waals surface area contributed by atoms with Gasteiger partial charge in [-0.05, 0) is 48.4 Å².